The van der Waals surface area contributed by atoms with Crippen LogP contribution in [0.15, 0.2) is 78.9 Å². The average Bonchev–Trinajstić information content (AvgIpc) is 3.58. The zero-order valence-electron chi connectivity index (χ0n) is 24.8. The molecule has 2 fully saturated rings. The van der Waals surface area contributed by atoms with Crippen molar-refractivity contribution in [3.63, 3.8) is 0 Å². The molecule has 0 radical (unpaired) electrons. The molecule has 2 saturated heterocycles. The first-order chi connectivity index (χ1) is 21.3. The zero-order chi connectivity index (χ0) is 30.6. The van der Waals surface area contributed by atoms with Gasteiger partial charge in [0.1, 0.15) is 23.8 Å². The highest BCUT2D eigenvalue weighted by atomic mass is 16.5. The van der Waals surface area contributed by atoms with E-state index in [0.29, 0.717) is 18.5 Å². The summed E-state index contributed by atoms with van der Waals surface area (Å²) in [5.74, 6) is -2.51. The van der Waals surface area contributed by atoms with E-state index in [1.165, 1.54) is 4.90 Å². The smallest absolute Gasteiger partial charge is 0.250 e. The molecule has 228 valence electrons. The van der Waals surface area contributed by atoms with Gasteiger partial charge in [0.2, 0.25) is 11.8 Å². The number of nitrogens with zero attached hydrogens (tertiary/aromatic N) is 6. The summed E-state index contributed by atoms with van der Waals surface area (Å²) >= 11 is 0. The zero-order valence-corrected chi connectivity index (χ0v) is 24.8. The molecule has 1 N–H and O–H groups in total. The van der Waals surface area contributed by atoms with Gasteiger partial charge in [-0.3, -0.25) is 14.4 Å². The molecular weight excluding hydrogens is 560 g/mol. The topological polar surface area (TPSA) is 121 Å². The number of hydrogen-bond donors (Lipinski definition) is 1. The molecule has 5 heterocycles. The Bertz CT molecular complexity index is 1650. The molecule has 11 nitrogen and oxygen atoms in total. The van der Waals surface area contributed by atoms with Crippen LogP contribution < -0.4 is 4.90 Å². The Balaban J connectivity index is 1.31. The Morgan fingerprint density at radius 2 is 1.75 bits per heavy atom. The number of carbonyl (C=O) groups excluding carboxylic acids is 3. The number of aliphatic hydroxyl groups is 1. The maximum atomic E-state index is 14.7. The van der Waals surface area contributed by atoms with Crippen molar-refractivity contribution in [2.24, 2.45) is 17.8 Å². The number of carbonyl (C=O) groups is 3. The summed E-state index contributed by atoms with van der Waals surface area (Å²) < 4.78 is 8.44. The summed E-state index contributed by atoms with van der Waals surface area (Å²) in [5, 5.41) is 19.1. The van der Waals surface area contributed by atoms with Crippen molar-refractivity contribution in [3.05, 3.63) is 78.9 Å². The van der Waals surface area contributed by atoms with Crippen LogP contribution in [0, 0.1) is 17.8 Å². The molecule has 0 aliphatic carbocycles. The van der Waals surface area contributed by atoms with Crippen molar-refractivity contribution in [3.8, 4) is 0 Å². The summed E-state index contributed by atoms with van der Waals surface area (Å²) in [7, 11) is 0. The normalized spacial score (nSPS) is 28.8. The molecule has 4 aliphatic heterocycles. The van der Waals surface area contributed by atoms with Crippen LogP contribution in [-0.2, 0) is 25.8 Å². The van der Waals surface area contributed by atoms with E-state index in [9.17, 15) is 19.5 Å². The molecule has 11 heteroatoms. The molecule has 7 rings (SSSR count). The molecule has 1 unspecified atom stereocenters. The van der Waals surface area contributed by atoms with Gasteiger partial charge in [-0.25, -0.2) is 4.68 Å². The minimum Gasteiger partial charge on any atom is -0.394 e. The summed E-state index contributed by atoms with van der Waals surface area (Å²) in [6, 6.07) is 15.2. The molecule has 0 bridgehead atoms. The highest BCUT2D eigenvalue weighted by molar-refractivity contribution is 6.04. The van der Waals surface area contributed by atoms with Crippen LogP contribution in [0.3, 0.4) is 0 Å². The van der Waals surface area contributed by atoms with Gasteiger partial charge >= 0.3 is 0 Å². The summed E-state index contributed by atoms with van der Waals surface area (Å²) in [4.78, 5) is 48.5. The lowest BCUT2D eigenvalue weighted by Gasteiger charge is -2.39. The Labute approximate surface area is 255 Å². The monoisotopic (exact) mass is 596 g/mol. The van der Waals surface area contributed by atoms with Gasteiger partial charge < -0.3 is 24.5 Å². The molecule has 2 aromatic carbocycles. The number of anilines is 1. The Hall–Kier alpha value is -4.35. The highest BCUT2D eigenvalue weighted by Crippen LogP contribution is 2.54. The van der Waals surface area contributed by atoms with Gasteiger partial charge in [-0.2, -0.15) is 0 Å². The first-order valence-corrected chi connectivity index (χ1v) is 15.2. The largest absolute Gasteiger partial charge is 0.394 e. The number of ether oxygens (including phenoxy) is 1. The summed E-state index contributed by atoms with van der Waals surface area (Å²) in [6.45, 7) is 4.44. The van der Waals surface area contributed by atoms with Crippen molar-refractivity contribution in [2.45, 2.75) is 50.7 Å². The third kappa shape index (κ3) is 4.36. The van der Waals surface area contributed by atoms with Gasteiger partial charge in [0, 0.05) is 18.8 Å². The van der Waals surface area contributed by atoms with Crippen molar-refractivity contribution in [1.29, 1.82) is 0 Å². The maximum absolute atomic E-state index is 14.7. The van der Waals surface area contributed by atoms with Gasteiger partial charge in [-0.05, 0) is 36.6 Å². The number of amides is 3. The molecule has 1 aromatic heterocycles. The molecule has 0 saturated carbocycles. The molecular formula is C33H36N6O5. The number of hydrogen-bond acceptors (Lipinski definition) is 7. The van der Waals surface area contributed by atoms with E-state index < -0.39 is 35.6 Å². The lowest BCUT2D eigenvalue weighted by Crippen LogP contribution is -2.58. The number of likely N-dealkylation sites (tertiary alicyclic amines) is 1. The number of rotatable bonds is 7. The SMILES string of the molecule is CC(C)C[C@H](CO)N1C(=O)[C@@H]2[C@@H]3C(=O)N(c4ccccc4)CC=C[C@@H]3O[C@@]23C=CCN(Cn2nnc4ccccc42)C(=O)C13. The van der Waals surface area contributed by atoms with E-state index in [1.807, 2.05) is 92.7 Å². The van der Waals surface area contributed by atoms with E-state index in [0.717, 1.165) is 11.2 Å². The first kappa shape index (κ1) is 28.4. The number of benzene rings is 2. The lowest BCUT2D eigenvalue weighted by molar-refractivity contribution is -0.151. The highest BCUT2D eigenvalue weighted by Gasteiger charge is 2.72. The fraction of sp³-hybridized carbons (Fsp3) is 0.424. The molecule has 44 heavy (non-hydrogen) atoms. The fourth-order valence-electron chi connectivity index (χ4n) is 7.49. The second-order valence-corrected chi connectivity index (χ2v) is 12.4. The Kier molecular flexibility index (Phi) is 7.09. The fourth-order valence-corrected chi connectivity index (χ4v) is 7.49. The molecule has 6 atom stereocenters. The Morgan fingerprint density at radius 3 is 2.52 bits per heavy atom. The minimum atomic E-state index is -1.38. The Morgan fingerprint density at radius 1 is 0.977 bits per heavy atom. The van der Waals surface area contributed by atoms with Crippen molar-refractivity contribution >= 4 is 34.4 Å². The average molecular weight is 597 g/mol. The predicted molar refractivity (Wildman–Crippen MR) is 162 cm³/mol. The van der Waals surface area contributed by atoms with Gasteiger partial charge in [-0.15, -0.1) is 5.10 Å². The summed E-state index contributed by atoms with van der Waals surface area (Å²) in [5.41, 5.74) is 0.843. The van der Waals surface area contributed by atoms with E-state index >= 15 is 0 Å². The van der Waals surface area contributed by atoms with Gasteiger partial charge in [0.25, 0.3) is 5.91 Å². The van der Waals surface area contributed by atoms with Gasteiger partial charge in [0.05, 0.1) is 36.1 Å². The van der Waals surface area contributed by atoms with Crippen molar-refractivity contribution < 1.29 is 24.2 Å². The maximum Gasteiger partial charge on any atom is 0.250 e. The van der Waals surface area contributed by atoms with E-state index in [1.54, 1.807) is 14.5 Å². The second kappa shape index (κ2) is 11.0. The number of fused-ring (bicyclic) bond motifs is 3. The van der Waals surface area contributed by atoms with E-state index in [-0.39, 0.29) is 43.5 Å². The van der Waals surface area contributed by atoms with E-state index in [4.69, 9.17) is 4.74 Å². The molecule has 4 aliphatic rings. The van der Waals surface area contributed by atoms with E-state index in [2.05, 4.69) is 10.3 Å². The molecule has 3 amide bonds. The number of para-hydroxylation sites is 2. The summed E-state index contributed by atoms with van der Waals surface area (Å²) in [6.07, 6.45) is 7.23. The minimum absolute atomic E-state index is 0.115. The van der Waals surface area contributed by atoms with Gasteiger partial charge in [-0.1, -0.05) is 73.7 Å². The number of aliphatic hydroxyl groups excluding tert-OH is 1. The standard InChI is InChI=1S/C33H36N6O5/c1-21(2)18-23(19-40)39-29-32(43)36(20-38-25-13-7-6-12-24(25)34-35-38)16-9-15-33(29)28(31(39)42)27-26(44-33)14-8-17-37(30(27)41)22-10-4-3-5-11-22/h3-15,21,23,26-29,40H,16-20H2,1-2H3/t23-,26+,27-,28+,29?,33+/m1/s1. The third-order valence-corrected chi connectivity index (χ3v) is 9.32. The quantitative estimate of drug-likeness (QED) is 0.416. The number of aromatic nitrogens is 3. The first-order valence-electron chi connectivity index (χ1n) is 15.2. The van der Waals surface area contributed by atoms with Crippen LogP contribution in [0.2, 0.25) is 0 Å². The molecule has 3 aromatic rings. The predicted octanol–water partition coefficient (Wildman–Crippen LogP) is 2.38. The third-order valence-electron chi connectivity index (χ3n) is 9.32. The van der Waals surface area contributed by atoms with Crippen LogP contribution in [0.1, 0.15) is 20.3 Å². The van der Waals surface area contributed by atoms with Crippen LogP contribution in [0.5, 0.6) is 0 Å². The molecule has 1 spiro atoms. The second-order valence-electron chi connectivity index (χ2n) is 12.4. The van der Waals surface area contributed by atoms with Gasteiger partial charge in [0.15, 0.2) is 0 Å². The van der Waals surface area contributed by atoms with Crippen LogP contribution in [0.4, 0.5) is 5.69 Å². The van der Waals surface area contributed by atoms with Crippen molar-refractivity contribution in [2.75, 3.05) is 24.6 Å². The van der Waals surface area contributed by atoms with Crippen LogP contribution in [-0.4, -0.2) is 91.1 Å². The van der Waals surface area contributed by atoms with Crippen molar-refractivity contribution in [1.82, 2.24) is 24.8 Å². The van der Waals surface area contributed by atoms with Crippen LogP contribution in [0.25, 0.3) is 11.0 Å². The van der Waals surface area contributed by atoms with Crippen LogP contribution >= 0.6 is 0 Å². The lowest BCUT2D eigenvalue weighted by atomic mass is 9.77.